The van der Waals surface area contributed by atoms with Gasteiger partial charge in [0.2, 0.25) is 0 Å². The van der Waals surface area contributed by atoms with Gasteiger partial charge in [0.05, 0.1) is 0 Å². The van der Waals surface area contributed by atoms with Crippen LogP contribution in [0, 0.1) is 22.9 Å². The topological polar surface area (TPSA) is 26.3 Å². The summed E-state index contributed by atoms with van der Waals surface area (Å²) in [6, 6.07) is 21.2. The fraction of sp³-hybridized carbons (Fsp3) is 0.188. The highest BCUT2D eigenvalue weighted by Crippen LogP contribution is 2.37. The van der Waals surface area contributed by atoms with Crippen LogP contribution in [0.3, 0.4) is 0 Å². The number of benzene rings is 4. The third kappa shape index (κ3) is 4.24. The first-order chi connectivity index (χ1) is 17.0. The number of rotatable bonds is 0. The van der Waals surface area contributed by atoms with E-state index in [2.05, 4.69) is 111 Å². The van der Waals surface area contributed by atoms with Crippen molar-refractivity contribution >= 4 is 70.8 Å². The fourth-order valence-corrected chi connectivity index (χ4v) is 5.51. The van der Waals surface area contributed by atoms with Crippen molar-refractivity contribution in [3.8, 4) is 22.9 Å². The molecule has 2 nitrogen and oxygen atoms in total. The summed E-state index contributed by atoms with van der Waals surface area (Å²) in [6.45, 7) is 13.6. The molecule has 176 valence electrons. The van der Waals surface area contributed by atoms with Crippen molar-refractivity contribution in [2.75, 3.05) is 0 Å². The minimum absolute atomic E-state index is 0.888. The van der Waals surface area contributed by atoms with Crippen molar-refractivity contribution in [3.05, 3.63) is 71.8 Å². The Bertz CT molecular complexity index is 1820. The van der Waals surface area contributed by atoms with Gasteiger partial charge in [0.25, 0.3) is 0 Å². The third-order valence-electron chi connectivity index (χ3n) is 6.18. The van der Waals surface area contributed by atoms with Crippen LogP contribution < -0.4 is 0 Å². The zero-order valence-electron chi connectivity index (χ0n) is 21.6. The smallest absolute Gasteiger partial charge is 0.136 e. The molecule has 0 unspecified atom stereocenters. The molecule has 0 amide bonds. The Morgan fingerprint density at radius 3 is 1.25 bits per heavy atom. The van der Waals surface area contributed by atoms with Gasteiger partial charge in [-0.2, -0.15) is 0 Å². The van der Waals surface area contributed by atoms with Crippen LogP contribution >= 0.6 is 0 Å². The lowest BCUT2D eigenvalue weighted by molar-refractivity contribution is 0.668. The third-order valence-corrected chi connectivity index (χ3v) is 7.93. The van der Waals surface area contributed by atoms with Gasteiger partial charge in [-0.05, 0) is 71.4 Å². The Hall–Kier alpha value is -3.71. The second kappa shape index (κ2) is 7.90. The van der Waals surface area contributed by atoms with Crippen LogP contribution in [-0.2, 0) is 0 Å². The van der Waals surface area contributed by atoms with Gasteiger partial charge in [0, 0.05) is 32.7 Å². The monoisotopic (exact) mass is 500 g/mol. The Morgan fingerprint density at radius 2 is 0.861 bits per heavy atom. The van der Waals surface area contributed by atoms with Crippen LogP contribution in [0.15, 0.2) is 69.5 Å². The van der Waals surface area contributed by atoms with Crippen LogP contribution in [0.2, 0.25) is 39.3 Å². The molecule has 2 aromatic heterocycles. The first-order valence-corrected chi connectivity index (χ1v) is 19.4. The summed E-state index contributed by atoms with van der Waals surface area (Å²) < 4.78 is 12.5. The van der Waals surface area contributed by atoms with Gasteiger partial charge >= 0.3 is 0 Å². The highest BCUT2D eigenvalue weighted by atomic mass is 28.3. The molecule has 0 aliphatic carbocycles. The maximum atomic E-state index is 6.25. The molecule has 4 aromatic carbocycles. The molecular formula is C32H28O2Si2. The fourth-order valence-electron chi connectivity index (χ4n) is 4.47. The van der Waals surface area contributed by atoms with E-state index in [1.54, 1.807) is 0 Å². The van der Waals surface area contributed by atoms with E-state index in [0.717, 1.165) is 65.8 Å². The summed E-state index contributed by atoms with van der Waals surface area (Å²) in [5, 5.41) is 6.68. The van der Waals surface area contributed by atoms with Gasteiger partial charge in [0.1, 0.15) is 38.5 Å². The maximum absolute atomic E-state index is 6.25. The number of furan rings is 2. The molecule has 0 radical (unpaired) electrons. The van der Waals surface area contributed by atoms with Crippen molar-refractivity contribution in [2.24, 2.45) is 0 Å². The maximum Gasteiger partial charge on any atom is 0.136 e. The Kier molecular flexibility index (Phi) is 4.99. The summed E-state index contributed by atoms with van der Waals surface area (Å²) >= 11 is 0. The van der Waals surface area contributed by atoms with Crippen molar-refractivity contribution in [2.45, 2.75) is 39.3 Å². The first kappa shape index (κ1) is 22.7. The quantitative estimate of drug-likeness (QED) is 0.154. The van der Waals surface area contributed by atoms with Gasteiger partial charge in [-0.1, -0.05) is 51.1 Å². The van der Waals surface area contributed by atoms with E-state index in [1.807, 2.05) is 12.1 Å². The molecule has 0 saturated carbocycles. The number of hydrogen-bond acceptors (Lipinski definition) is 2. The van der Waals surface area contributed by atoms with E-state index in [1.165, 1.54) is 0 Å². The predicted molar refractivity (Wildman–Crippen MR) is 159 cm³/mol. The first-order valence-electron chi connectivity index (χ1n) is 12.4. The normalized spacial score (nSPS) is 12.3. The van der Waals surface area contributed by atoms with Gasteiger partial charge in [-0.15, -0.1) is 11.1 Å². The van der Waals surface area contributed by atoms with E-state index >= 15 is 0 Å². The Labute approximate surface area is 213 Å². The highest BCUT2D eigenvalue weighted by Gasteiger charge is 2.14. The molecule has 0 aliphatic heterocycles. The molecule has 6 aromatic rings. The van der Waals surface area contributed by atoms with Gasteiger partial charge in [-0.3, -0.25) is 0 Å². The lowest BCUT2D eigenvalue weighted by atomic mass is 10.0. The summed E-state index contributed by atoms with van der Waals surface area (Å²) in [5.74, 6) is 6.75. The molecule has 4 heteroatoms. The number of fused-ring (bicyclic) bond motifs is 7. The Morgan fingerprint density at radius 1 is 0.472 bits per heavy atom. The molecule has 0 bridgehead atoms. The zero-order chi connectivity index (χ0) is 25.2. The molecule has 0 N–H and O–H groups in total. The van der Waals surface area contributed by atoms with Crippen LogP contribution in [0.5, 0.6) is 0 Å². The average molecular weight is 501 g/mol. The lowest BCUT2D eigenvalue weighted by Gasteiger charge is -2.03. The van der Waals surface area contributed by atoms with E-state index in [-0.39, 0.29) is 0 Å². The van der Waals surface area contributed by atoms with Crippen LogP contribution in [0.25, 0.3) is 54.6 Å². The summed E-state index contributed by atoms with van der Waals surface area (Å²) in [5.41, 5.74) is 12.6. The molecule has 0 fully saturated rings. The molecule has 0 aliphatic rings. The Balaban J connectivity index is 1.52. The molecule has 0 atom stereocenters. The van der Waals surface area contributed by atoms with Crippen molar-refractivity contribution in [3.63, 3.8) is 0 Å². The van der Waals surface area contributed by atoms with E-state index in [0.29, 0.717) is 0 Å². The summed E-state index contributed by atoms with van der Waals surface area (Å²) in [4.78, 5) is 0. The summed E-state index contributed by atoms with van der Waals surface area (Å²) in [7, 11) is -2.88. The van der Waals surface area contributed by atoms with E-state index in [9.17, 15) is 0 Å². The molecule has 2 heterocycles. The molecular weight excluding hydrogens is 473 g/mol. The highest BCUT2D eigenvalue weighted by molar-refractivity contribution is 6.84. The minimum Gasteiger partial charge on any atom is -0.456 e. The average Bonchev–Trinajstić information content (AvgIpc) is 3.34. The van der Waals surface area contributed by atoms with Gasteiger partial charge < -0.3 is 8.83 Å². The van der Waals surface area contributed by atoms with Crippen LogP contribution in [0.1, 0.15) is 11.1 Å². The molecule has 36 heavy (non-hydrogen) atoms. The standard InChI is InChI=1S/C32H28O2Si2/c1-35(2,3)13-11-21-7-9-29-25(15-21)27-17-23-20-32-28(18-24(23)19-31(27)33-29)26-16-22(8-10-30(26)34-32)12-14-36(4,5)6/h7-10,15-20H,1-6H3. The number of hydrogen-bond donors (Lipinski definition) is 0. The minimum atomic E-state index is -1.44. The zero-order valence-corrected chi connectivity index (χ0v) is 23.6. The van der Waals surface area contributed by atoms with Crippen molar-refractivity contribution in [1.82, 2.24) is 0 Å². The van der Waals surface area contributed by atoms with Crippen LogP contribution in [-0.4, -0.2) is 16.1 Å². The van der Waals surface area contributed by atoms with E-state index in [4.69, 9.17) is 8.83 Å². The second-order valence-corrected chi connectivity index (χ2v) is 21.2. The second-order valence-electron chi connectivity index (χ2n) is 11.7. The largest absolute Gasteiger partial charge is 0.456 e. The predicted octanol–water partition coefficient (Wildman–Crippen LogP) is 9.10. The lowest BCUT2D eigenvalue weighted by Crippen LogP contribution is -2.16. The van der Waals surface area contributed by atoms with Gasteiger partial charge in [-0.25, -0.2) is 0 Å². The SMILES string of the molecule is C[Si](C)(C)C#Cc1ccc2oc3cc4cc5c(cc4cc3c2c1)oc1ccc(C#C[Si](C)(C)C)cc15. The molecule has 6 rings (SSSR count). The summed E-state index contributed by atoms with van der Waals surface area (Å²) in [6.07, 6.45) is 0. The van der Waals surface area contributed by atoms with Crippen molar-refractivity contribution in [1.29, 1.82) is 0 Å². The van der Waals surface area contributed by atoms with Gasteiger partial charge in [0.15, 0.2) is 0 Å². The molecule has 0 saturated heterocycles. The van der Waals surface area contributed by atoms with Crippen LogP contribution in [0.4, 0.5) is 0 Å². The van der Waals surface area contributed by atoms with Crippen molar-refractivity contribution < 1.29 is 8.83 Å². The van der Waals surface area contributed by atoms with E-state index < -0.39 is 16.1 Å². The molecule has 0 spiro atoms.